The van der Waals surface area contributed by atoms with Gasteiger partial charge in [-0.15, -0.1) is 5.10 Å². The van der Waals surface area contributed by atoms with Crippen molar-refractivity contribution in [3.63, 3.8) is 0 Å². The van der Waals surface area contributed by atoms with E-state index in [4.69, 9.17) is 11.6 Å². The lowest BCUT2D eigenvalue weighted by atomic mass is 10.6. The van der Waals surface area contributed by atoms with Crippen LogP contribution in [-0.4, -0.2) is 25.0 Å². The van der Waals surface area contributed by atoms with Crippen molar-refractivity contribution in [1.82, 2.24) is 25.0 Å². The van der Waals surface area contributed by atoms with E-state index in [1.807, 2.05) is 0 Å². The fraction of sp³-hybridized carbons (Fsp3) is 0.200. The monoisotopic (exact) mass is 169 g/mol. The number of halogens is 1. The zero-order valence-corrected chi connectivity index (χ0v) is 6.45. The summed E-state index contributed by atoms with van der Waals surface area (Å²) in [5, 5.41) is 7.74. The lowest BCUT2D eigenvalue weighted by Crippen LogP contribution is -1.92. The molecule has 6 heteroatoms. The van der Waals surface area contributed by atoms with E-state index < -0.39 is 0 Å². The molecule has 0 aromatic carbocycles. The van der Waals surface area contributed by atoms with Gasteiger partial charge in [0.15, 0.2) is 11.2 Å². The Morgan fingerprint density at radius 3 is 3.18 bits per heavy atom. The van der Waals surface area contributed by atoms with Crippen molar-refractivity contribution in [1.29, 1.82) is 0 Å². The van der Waals surface area contributed by atoms with Gasteiger partial charge in [-0.3, -0.25) is 0 Å². The quantitative estimate of drug-likeness (QED) is 0.536. The third-order valence-electron chi connectivity index (χ3n) is 1.31. The zero-order chi connectivity index (χ0) is 7.84. The van der Waals surface area contributed by atoms with Crippen molar-refractivity contribution in [2.45, 2.75) is 0 Å². The molecule has 0 aliphatic heterocycles. The Morgan fingerprint density at radius 2 is 2.36 bits per heavy atom. The van der Waals surface area contributed by atoms with E-state index >= 15 is 0 Å². The Labute approximate surface area is 67.0 Å². The van der Waals surface area contributed by atoms with Crippen molar-refractivity contribution < 1.29 is 0 Å². The largest absolute Gasteiger partial charge is 0.230 e. The van der Waals surface area contributed by atoms with Gasteiger partial charge in [-0.05, 0) is 11.6 Å². The van der Waals surface area contributed by atoms with Crippen LogP contribution in [0.15, 0.2) is 6.20 Å². The fourth-order valence-electron chi connectivity index (χ4n) is 0.812. The van der Waals surface area contributed by atoms with E-state index in [-0.39, 0.29) is 5.28 Å². The maximum absolute atomic E-state index is 5.56. The summed E-state index contributed by atoms with van der Waals surface area (Å²) in [6.07, 6.45) is 1.54. The van der Waals surface area contributed by atoms with Crippen LogP contribution < -0.4 is 0 Å². The number of fused-ring (bicyclic) bond motifs is 1. The van der Waals surface area contributed by atoms with E-state index in [1.165, 1.54) is 6.20 Å². The summed E-state index contributed by atoms with van der Waals surface area (Å²) >= 11 is 5.56. The fourth-order valence-corrected chi connectivity index (χ4v) is 0.941. The van der Waals surface area contributed by atoms with Crippen LogP contribution in [0.25, 0.3) is 11.2 Å². The Bertz CT molecular complexity index is 395. The summed E-state index contributed by atoms with van der Waals surface area (Å²) in [6, 6.07) is 0. The van der Waals surface area contributed by atoms with Gasteiger partial charge in [-0.2, -0.15) is 4.98 Å². The molecule has 0 saturated carbocycles. The van der Waals surface area contributed by atoms with Crippen molar-refractivity contribution in [3.05, 3.63) is 11.5 Å². The number of rotatable bonds is 0. The molecule has 0 bridgehead atoms. The molecule has 0 aliphatic carbocycles. The average molecular weight is 170 g/mol. The molecular weight excluding hydrogens is 166 g/mol. The smallest absolute Gasteiger partial charge is 0.224 e. The molecule has 2 heterocycles. The highest BCUT2D eigenvalue weighted by Crippen LogP contribution is 2.07. The van der Waals surface area contributed by atoms with Crippen molar-refractivity contribution in [3.8, 4) is 0 Å². The van der Waals surface area contributed by atoms with Crippen molar-refractivity contribution in [2.24, 2.45) is 7.05 Å². The number of hydrogen-bond donors (Lipinski definition) is 0. The standard InChI is InChI=1S/C5H4ClN5/c1-11-4-3(9-10-11)2-7-5(6)8-4/h2H,1H3. The van der Waals surface area contributed by atoms with Crippen LogP contribution in [0, 0.1) is 0 Å². The zero-order valence-electron chi connectivity index (χ0n) is 5.69. The van der Waals surface area contributed by atoms with E-state index in [9.17, 15) is 0 Å². The van der Waals surface area contributed by atoms with Crippen molar-refractivity contribution >= 4 is 22.8 Å². The summed E-state index contributed by atoms with van der Waals surface area (Å²) in [4.78, 5) is 7.69. The number of aryl methyl sites for hydroxylation is 1. The van der Waals surface area contributed by atoms with E-state index in [0.717, 1.165) is 0 Å². The SMILES string of the molecule is Cn1nnc2cnc(Cl)nc21. The molecule has 0 amide bonds. The maximum atomic E-state index is 5.56. The van der Waals surface area contributed by atoms with Crippen LogP contribution in [0.5, 0.6) is 0 Å². The first-order valence-corrected chi connectivity index (χ1v) is 3.33. The lowest BCUT2D eigenvalue weighted by Gasteiger charge is -1.89. The van der Waals surface area contributed by atoms with Crippen LogP contribution in [0.1, 0.15) is 0 Å². The summed E-state index contributed by atoms with van der Waals surface area (Å²) < 4.78 is 1.54. The molecule has 0 spiro atoms. The second kappa shape index (κ2) is 2.13. The highest BCUT2D eigenvalue weighted by molar-refractivity contribution is 6.28. The van der Waals surface area contributed by atoms with E-state index in [1.54, 1.807) is 11.7 Å². The second-order valence-electron chi connectivity index (χ2n) is 2.06. The van der Waals surface area contributed by atoms with Gasteiger partial charge in [0.2, 0.25) is 5.28 Å². The van der Waals surface area contributed by atoms with E-state index in [0.29, 0.717) is 11.2 Å². The molecule has 2 rings (SSSR count). The Morgan fingerprint density at radius 1 is 1.55 bits per heavy atom. The van der Waals surface area contributed by atoms with Gasteiger partial charge in [0.25, 0.3) is 0 Å². The minimum Gasteiger partial charge on any atom is -0.230 e. The number of nitrogens with zero attached hydrogens (tertiary/aromatic N) is 5. The van der Waals surface area contributed by atoms with Crippen LogP contribution in [0.4, 0.5) is 0 Å². The number of hydrogen-bond acceptors (Lipinski definition) is 4. The molecule has 0 unspecified atom stereocenters. The van der Waals surface area contributed by atoms with Gasteiger partial charge in [0, 0.05) is 7.05 Å². The molecule has 11 heavy (non-hydrogen) atoms. The summed E-state index contributed by atoms with van der Waals surface area (Å²) in [5.74, 6) is 0. The summed E-state index contributed by atoms with van der Waals surface area (Å²) in [6.45, 7) is 0. The van der Waals surface area contributed by atoms with Crippen LogP contribution in [-0.2, 0) is 7.05 Å². The molecule has 5 nitrogen and oxygen atoms in total. The predicted molar refractivity (Wildman–Crippen MR) is 39.1 cm³/mol. The molecular formula is C5H4ClN5. The molecule has 0 radical (unpaired) electrons. The first-order valence-electron chi connectivity index (χ1n) is 2.95. The van der Waals surface area contributed by atoms with Crippen LogP contribution in [0.2, 0.25) is 5.28 Å². The summed E-state index contributed by atoms with van der Waals surface area (Å²) in [7, 11) is 1.75. The van der Waals surface area contributed by atoms with Crippen LogP contribution >= 0.6 is 11.6 Å². The minimum atomic E-state index is 0.211. The molecule has 0 N–H and O–H groups in total. The number of aromatic nitrogens is 5. The van der Waals surface area contributed by atoms with Gasteiger partial charge < -0.3 is 0 Å². The highest BCUT2D eigenvalue weighted by atomic mass is 35.5. The Hall–Kier alpha value is -1.23. The average Bonchev–Trinajstić information content (AvgIpc) is 2.33. The maximum Gasteiger partial charge on any atom is 0.224 e. The molecule has 0 atom stereocenters. The van der Waals surface area contributed by atoms with Crippen molar-refractivity contribution in [2.75, 3.05) is 0 Å². The van der Waals surface area contributed by atoms with Crippen LogP contribution in [0.3, 0.4) is 0 Å². The first-order chi connectivity index (χ1) is 5.27. The topological polar surface area (TPSA) is 56.5 Å². The lowest BCUT2D eigenvalue weighted by molar-refractivity contribution is 0.729. The molecule has 2 aromatic rings. The van der Waals surface area contributed by atoms with Gasteiger partial charge in [-0.1, -0.05) is 5.21 Å². The highest BCUT2D eigenvalue weighted by Gasteiger charge is 2.02. The molecule has 0 aliphatic rings. The Balaban J connectivity index is 2.87. The minimum absolute atomic E-state index is 0.211. The van der Waals surface area contributed by atoms with Gasteiger partial charge in [-0.25, -0.2) is 9.67 Å². The molecule has 0 saturated heterocycles. The Kier molecular flexibility index (Phi) is 1.25. The second-order valence-corrected chi connectivity index (χ2v) is 2.40. The summed E-state index contributed by atoms with van der Waals surface area (Å²) in [5.41, 5.74) is 1.29. The first kappa shape index (κ1) is 6.48. The van der Waals surface area contributed by atoms with Gasteiger partial charge >= 0.3 is 0 Å². The molecule has 2 aromatic heterocycles. The van der Waals surface area contributed by atoms with Gasteiger partial charge in [0.1, 0.15) is 0 Å². The third-order valence-corrected chi connectivity index (χ3v) is 1.50. The third kappa shape index (κ3) is 0.932. The van der Waals surface area contributed by atoms with E-state index in [2.05, 4.69) is 20.3 Å². The molecule has 0 fully saturated rings. The predicted octanol–water partition coefficient (Wildman–Crippen LogP) is 0.412. The van der Waals surface area contributed by atoms with Gasteiger partial charge in [0.05, 0.1) is 6.20 Å². The normalized spacial score (nSPS) is 10.7. The molecule has 56 valence electrons.